The third kappa shape index (κ3) is 2.65. The zero-order valence-corrected chi connectivity index (χ0v) is 11.2. The third-order valence-electron chi connectivity index (χ3n) is 2.20. The summed E-state index contributed by atoms with van der Waals surface area (Å²) in [5.41, 5.74) is -2.92. The number of hydrogen-bond donors (Lipinski definition) is 2. The highest BCUT2D eigenvalue weighted by Crippen LogP contribution is 2.52. The van der Waals surface area contributed by atoms with Gasteiger partial charge in [-0.2, -0.15) is 0 Å². The third-order valence-corrected chi connectivity index (χ3v) is 8.21. The molecule has 16 heavy (non-hydrogen) atoms. The lowest BCUT2D eigenvalue weighted by atomic mass is 10.1. The molecule has 0 spiro atoms. The summed E-state index contributed by atoms with van der Waals surface area (Å²) in [5, 5.41) is 2.19. The summed E-state index contributed by atoms with van der Waals surface area (Å²) < 4.78 is 0. The van der Waals surface area contributed by atoms with Crippen molar-refractivity contribution in [3.8, 4) is 0 Å². The van der Waals surface area contributed by atoms with Gasteiger partial charge in [0.05, 0.1) is 0 Å². The van der Waals surface area contributed by atoms with Crippen LogP contribution in [0.1, 0.15) is 0 Å². The maximum Gasteiger partial charge on any atom is 0.437 e. The highest BCUT2D eigenvalue weighted by molar-refractivity contribution is 8.69. The summed E-state index contributed by atoms with van der Waals surface area (Å²) in [7, 11) is 1.16. The van der Waals surface area contributed by atoms with Gasteiger partial charge in [0.15, 0.2) is 0 Å². The zero-order chi connectivity index (χ0) is 11.6. The first kappa shape index (κ1) is 12.1. The molecule has 0 amide bonds. The molecule has 2 aromatic carbocycles. The Morgan fingerprint density at radius 2 is 1.75 bits per heavy atom. The van der Waals surface area contributed by atoms with Crippen molar-refractivity contribution in [2.75, 3.05) is 6.26 Å². The molecule has 0 atom stereocenters. The Hall–Kier alpha value is -0.380. The largest absolute Gasteiger partial charge is 0.437 e. The van der Waals surface area contributed by atoms with Gasteiger partial charge in [-0.3, -0.25) is 0 Å². The van der Waals surface area contributed by atoms with Gasteiger partial charge in [0.1, 0.15) is 0 Å². The molecule has 2 N–H and O–H groups in total. The molecule has 0 unspecified atom stereocenters. The molecular weight excluding hydrogens is 259 g/mol. The molecule has 2 rings (SSSR count). The number of rotatable bonds is 2. The molecule has 0 radical (unpaired) electrons. The van der Waals surface area contributed by atoms with Crippen molar-refractivity contribution >= 4 is 38.8 Å². The molecule has 2 nitrogen and oxygen atoms in total. The van der Waals surface area contributed by atoms with Crippen LogP contribution >= 0.6 is 17.1 Å². The molecule has 0 aliphatic carbocycles. The van der Waals surface area contributed by atoms with E-state index < -0.39 is 5.69 Å². The smallest absolute Gasteiger partial charge is 0.303 e. The first-order valence-corrected chi connectivity index (χ1v) is 9.64. The van der Waals surface area contributed by atoms with Crippen molar-refractivity contribution in [3.63, 3.8) is 0 Å². The van der Waals surface area contributed by atoms with E-state index in [2.05, 4.69) is 0 Å². The van der Waals surface area contributed by atoms with Crippen molar-refractivity contribution in [1.82, 2.24) is 0 Å². The van der Waals surface area contributed by atoms with Crippen LogP contribution < -0.4 is 0 Å². The first-order chi connectivity index (χ1) is 7.62. The molecule has 0 saturated carbocycles. The van der Waals surface area contributed by atoms with Crippen molar-refractivity contribution in [1.29, 1.82) is 0 Å². The molecule has 0 bridgehead atoms. The second-order valence-corrected chi connectivity index (χ2v) is 10.6. The molecule has 84 valence electrons. The predicted molar refractivity (Wildman–Crippen MR) is 74.5 cm³/mol. The minimum Gasteiger partial charge on any atom is -0.303 e. The van der Waals surface area contributed by atoms with Crippen LogP contribution in [0.25, 0.3) is 10.8 Å². The van der Waals surface area contributed by atoms with Crippen molar-refractivity contribution < 1.29 is 9.79 Å². The summed E-state index contributed by atoms with van der Waals surface area (Å²) in [6.07, 6.45) is 1.71. The second kappa shape index (κ2) is 4.86. The first-order valence-electron chi connectivity index (χ1n) is 4.70. The molecule has 2 aromatic rings. The number of fused-ring (bicyclic) bond motifs is 1. The Bertz CT molecular complexity index is 557. The fourth-order valence-electron chi connectivity index (χ4n) is 1.44. The average molecular weight is 271 g/mol. The predicted octanol–water partition coefficient (Wildman–Crippen LogP) is 3.31. The van der Waals surface area contributed by atoms with Crippen molar-refractivity contribution in [2.45, 2.75) is 4.90 Å². The van der Waals surface area contributed by atoms with Gasteiger partial charge in [0.25, 0.3) is 10.9 Å². The highest BCUT2D eigenvalue weighted by atomic mass is 32.9. The second-order valence-electron chi connectivity index (χ2n) is 3.24. The van der Waals surface area contributed by atoms with E-state index in [1.165, 1.54) is 0 Å². The lowest BCUT2D eigenvalue weighted by Gasteiger charge is -1.97. The fourth-order valence-corrected chi connectivity index (χ4v) is 5.06. The van der Waals surface area contributed by atoms with Gasteiger partial charge in [0, 0.05) is 11.5 Å². The topological polar surface area (TPSA) is 40.5 Å². The van der Waals surface area contributed by atoms with E-state index in [1.54, 1.807) is 6.26 Å². The van der Waals surface area contributed by atoms with Crippen LogP contribution in [0, 0.1) is 0 Å². The van der Waals surface area contributed by atoms with E-state index in [0.717, 1.165) is 38.0 Å². The number of hydrogen-bond acceptors (Lipinski definition) is 1. The van der Waals surface area contributed by atoms with Crippen LogP contribution in [-0.4, -0.2) is 16.0 Å². The van der Waals surface area contributed by atoms with Gasteiger partial charge >= 0.3 is 5.69 Å². The standard InChI is InChI=1S/C11H12O2PS2/c1-15-14(12,13)16-11-8-4-6-9-5-2-3-7-10(9)11/h2-8,12-13H,1H3/q+1. The van der Waals surface area contributed by atoms with Gasteiger partial charge in [-0.15, -0.1) is 0 Å². The average Bonchev–Trinajstić information content (AvgIpc) is 2.29. The summed E-state index contributed by atoms with van der Waals surface area (Å²) in [4.78, 5) is 20.4. The monoisotopic (exact) mass is 271 g/mol. The van der Waals surface area contributed by atoms with Crippen LogP contribution in [0.2, 0.25) is 0 Å². The number of benzene rings is 2. The summed E-state index contributed by atoms with van der Waals surface area (Å²) in [5.74, 6) is 0. The molecule has 0 saturated heterocycles. The Labute approximate surface area is 102 Å². The van der Waals surface area contributed by atoms with Gasteiger partial charge in [-0.05, 0) is 29.1 Å². The normalized spacial score (nSPS) is 11.7. The van der Waals surface area contributed by atoms with Gasteiger partial charge in [0.2, 0.25) is 4.90 Å². The Kier molecular flexibility index (Phi) is 3.67. The van der Waals surface area contributed by atoms with E-state index in [0.29, 0.717) is 0 Å². The van der Waals surface area contributed by atoms with Crippen LogP contribution in [-0.2, 0) is 10.9 Å². The summed E-state index contributed by atoms with van der Waals surface area (Å²) >= 11 is 1.12. The van der Waals surface area contributed by atoms with Crippen molar-refractivity contribution in [3.05, 3.63) is 42.5 Å². The minimum atomic E-state index is -2.92. The van der Waals surface area contributed by atoms with Gasteiger partial charge in [-0.1, -0.05) is 30.3 Å². The molecule has 0 fully saturated rings. The molecular formula is C11H12O2PS2+. The molecule has 0 aromatic heterocycles. The molecule has 0 aliphatic rings. The van der Waals surface area contributed by atoms with E-state index >= 15 is 0 Å². The van der Waals surface area contributed by atoms with Gasteiger partial charge in [-0.25, -0.2) is 0 Å². The van der Waals surface area contributed by atoms with Crippen molar-refractivity contribution in [2.24, 2.45) is 0 Å². The summed E-state index contributed by atoms with van der Waals surface area (Å²) in [6, 6.07) is 13.8. The highest BCUT2D eigenvalue weighted by Gasteiger charge is 2.24. The van der Waals surface area contributed by atoms with E-state index in [9.17, 15) is 9.79 Å². The van der Waals surface area contributed by atoms with Crippen LogP contribution in [0.4, 0.5) is 0 Å². The van der Waals surface area contributed by atoms with E-state index in [-0.39, 0.29) is 0 Å². The molecule has 5 heteroatoms. The zero-order valence-electron chi connectivity index (χ0n) is 8.70. The lowest BCUT2D eigenvalue weighted by Crippen LogP contribution is -1.81. The molecule has 0 aliphatic heterocycles. The lowest BCUT2D eigenvalue weighted by molar-refractivity contribution is 0.502. The van der Waals surface area contributed by atoms with Gasteiger partial charge < -0.3 is 9.79 Å². The maximum absolute atomic E-state index is 9.73. The van der Waals surface area contributed by atoms with E-state index in [4.69, 9.17) is 0 Å². The SMILES string of the molecule is CSP(O)(O)=[S+]c1cccc2ccccc12. The van der Waals surface area contributed by atoms with Crippen LogP contribution in [0.15, 0.2) is 47.4 Å². The van der Waals surface area contributed by atoms with Crippen LogP contribution in [0.3, 0.4) is 0 Å². The fraction of sp³-hybridized carbons (Fsp3) is 0.0909. The Morgan fingerprint density at radius 3 is 2.50 bits per heavy atom. The summed E-state index contributed by atoms with van der Waals surface area (Å²) in [6.45, 7) is 0. The maximum atomic E-state index is 9.73. The van der Waals surface area contributed by atoms with Crippen LogP contribution in [0.5, 0.6) is 0 Å². The Balaban J connectivity index is 2.66. The Morgan fingerprint density at radius 1 is 1.06 bits per heavy atom. The minimum absolute atomic E-state index is 0.922. The molecule has 0 heterocycles. The quantitative estimate of drug-likeness (QED) is 0.650. The van der Waals surface area contributed by atoms with E-state index in [1.807, 2.05) is 42.5 Å².